The Morgan fingerprint density at radius 2 is 1.79 bits per heavy atom. The molecular formula is C27H23FN2O2S. The van der Waals surface area contributed by atoms with E-state index in [1.165, 1.54) is 24.3 Å². The molecule has 0 unspecified atom stereocenters. The second-order valence-corrected chi connectivity index (χ2v) is 9.23. The first-order chi connectivity index (χ1) is 16.0. The van der Waals surface area contributed by atoms with E-state index >= 15 is 0 Å². The Balaban J connectivity index is 1.52. The number of halogens is 1. The van der Waals surface area contributed by atoms with Crippen LogP contribution in [0.5, 0.6) is 0 Å². The van der Waals surface area contributed by atoms with Crippen LogP contribution >= 0.6 is 11.3 Å². The molecular weight excluding hydrogens is 435 g/mol. The highest BCUT2D eigenvalue weighted by atomic mass is 32.1. The van der Waals surface area contributed by atoms with Crippen molar-refractivity contribution in [3.63, 3.8) is 0 Å². The third kappa shape index (κ3) is 4.14. The zero-order chi connectivity index (χ0) is 22.9. The molecule has 0 saturated carbocycles. The summed E-state index contributed by atoms with van der Waals surface area (Å²) < 4.78 is 13.3. The molecule has 4 nitrogen and oxygen atoms in total. The molecule has 1 aliphatic carbocycles. The summed E-state index contributed by atoms with van der Waals surface area (Å²) in [4.78, 5) is 26.9. The number of benzene rings is 2. The molecule has 1 aliphatic heterocycles. The van der Waals surface area contributed by atoms with Crippen molar-refractivity contribution in [3.8, 4) is 0 Å². The lowest BCUT2D eigenvalue weighted by atomic mass is 9.72. The van der Waals surface area contributed by atoms with Crippen LogP contribution in [0.25, 0.3) is 0 Å². The van der Waals surface area contributed by atoms with Gasteiger partial charge in [-0.2, -0.15) is 11.3 Å². The lowest BCUT2D eigenvalue weighted by Gasteiger charge is -2.36. The summed E-state index contributed by atoms with van der Waals surface area (Å²) >= 11 is 1.54. The third-order valence-corrected chi connectivity index (χ3v) is 7.02. The van der Waals surface area contributed by atoms with Crippen LogP contribution < -0.4 is 10.6 Å². The van der Waals surface area contributed by atoms with Crippen LogP contribution in [-0.4, -0.2) is 11.7 Å². The number of thiophene rings is 1. The zero-order valence-corrected chi connectivity index (χ0v) is 18.9. The maximum atomic E-state index is 13.5. The average molecular weight is 459 g/mol. The molecule has 2 aliphatic rings. The molecule has 0 spiro atoms. The van der Waals surface area contributed by atoms with Crippen molar-refractivity contribution in [1.29, 1.82) is 0 Å². The molecule has 0 fully saturated rings. The molecule has 1 aromatic heterocycles. The second kappa shape index (κ2) is 8.79. The van der Waals surface area contributed by atoms with E-state index in [4.69, 9.17) is 0 Å². The number of ketones is 1. The van der Waals surface area contributed by atoms with E-state index in [1.807, 2.05) is 41.9 Å². The van der Waals surface area contributed by atoms with Crippen molar-refractivity contribution in [2.75, 3.05) is 5.32 Å². The summed E-state index contributed by atoms with van der Waals surface area (Å²) in [6.45, 7) is 1.87. The molecule has 2 atom stereocenters. The number of Topliss-reactive ketones (excluding diaryl/α,β-unsaturated/α-hetero) is 1. The monoisotopic (exact) mass is 458 g/mol. The number of carbonyl (C=O) groups excluding carboxylic acids is 2. The first kappa shape index (κ1) is 21.3. The van der Waals surface area contributed by atoms with Crippen molar-refractivity contribution < 1.29 is 14.0 Å². The smallest absolute Gasteiger partial charge is 0.254 e. The van der Waals surface area contributed by atoms with Gasteiger partial charge >= 0.3 is 0 Å². The maximum absolute atomic E-state index is 13.5. The summed E-state index contributed by atoms with van der Waals surface area (Å²) in [5.74, 6) is -0.928. The number of amides is 1. The molecule has 2 aromatic carbocycles. The minimum atomic E-state index is -0.433. The summed E-state index contributed by atoms with van der Waals surface area (Å²) in [6, 6.07) is 17.7. The minimum Gasteiger partial charge on any atom is -0.362 e. The van der Waals surface area contributed by atoms with Gasteiger partial charge in [0.25, 0.3) is 5.91 Å². The topological polar surface area (TPSA) is 58.2 Å². The number of allylic oxidation sites excluding steroid dienone is 3. The molecule has 0 saturated heterocycles. The van der Waals surface area contributed by atoms with Gasteiger partial charge in [-0.3, -0.25) is 9.59 Å². The van der Waals surface area contributed by atoms with Gasteiger partial charge in [0.15, 0.2) is 5.78 Å². The van der Waals surface area contributed by atoms with Crippen molar-refractivity contribution in [3.05, 3.63) is 111 Å². The van der Waals surface area contributed by atoms with Crippen molar-refractivity contribution >= 4 is 28.7 Å². The van der Waals surface area contributed by atoms with Gasteiger partial charge in [0, 0.05) is 40.6 Å². The average Bonchev–Trinajstić information content (AvgIpc) is 3.35. The van der Waals surface area contributed by atoms with E-state index in [-0.39, 0.29) is 23.4 Å². The molecule has 3 aromatic rings. The van der Waals surface area contributed by atoms with Gasteiger partial charge in [-0.05, 0) is 71.5 Å². The molecule has 33 heavy (non-hydrogen) atoms. The number of hydrogen-bond donors (Lipinski definition) is 2. The highest BCUT2D eigenvalue weighted by Crippen LogP contribution is 2.46. The van der Waals surface area contributed by atoms with Gasteiger partial charge in [0.1, 0.15) is 5.82 Å². The number of dihydropyridines is 1. The van der Waals surface area contributed by atoms with Gasteiger partial charge in [0.05, 0.1) is 0 Å². The number of carbonyl (C=O) groups is 2. The first-order valence-corrected chi connectivity index (χ1v) is 11.8. The van der Waals surface area contributed by atoms with Gasteiger partial charge in [0.2, 0.25) is 0 Å². The predicted molar refractivity (Wildman–Crippen MR) is 128 cm³/mol. The molecule has 0 radical (unpaired) electrons. The Morgan fingerprint density at radius 3 is 2.48 bits per heavy atom. The summed E-state index contributed by atoms with van der Waals surface area (Å²) in [5.41, 5.74) is 5.40. The van der Waals surface area contributed by atoms with E-state index < -0.39 is 5.92 Å². The number of nitrogens with one attached hydrogen (secondary N) is 2. The van der Waals surface area contributed by atoms with Crippen LogP contribution in [0.15, 0.2) is 94.0 Å². The van der Waals surface area contributed by atoms with Gasteiger partial charge in [-0.15, -0.1) is 0 Å². The lowest BCUT2D eigenvalue weighted by molar-refractivity contribution is -0.116. The van der Waals surface area contributed by atoms with Crippen molar-refractivity contribution in [1.82, 2.24) is 5.32 Å². The van der Waals surface area contributed by atoms with Crippen LogP contribution in [0.4, 0.5) is 10.1 Å². The number of hydrogen-bond acceptors (Lipinski definition) is 4. The molecule has 5 rings (SSSR count). The molecule has 0 bridgehead atoms. The highest BCUT2D eigenvalue weighted by Gasteiger charge is 2.41. The van der Waals surface area contributed by atoms with Gasteiger partial charge in [-0.1, -0.05) is 30.3 Å². The fraction of sp³-hybridized carbons (Fsp3) is 0.185. The van der Waals surface area contributed by atoms with Crippen LogP contribution in [0.3, 0.4) is 0 Å². The van der Waals surface area contributed by atoms with E-state index in [0.29, 0.717) is 23.3 Å². The Bertz CT molecular complexity index is 1260. The Hall–Kier alpha value is -3.51. The highest BCUT2D eigenvalue weighted by molar-refractivity contribution is 7.08. The molecule has 2 heterocycles. The second-order valence-electron chi connectivity index (χ2n) is 8.45. The Kier molecular flexibility index (Phi) is 5.68. The standard InChI is InChI=1S/C27H23FN2O2S/c1-16-24(27(32)30-21-9-7-20(28)8-10-21)25(18-11-12-33-15-18)26-22(29-16)13-19(14-23(26)31)17-5-3-2-4-6-17/h2-12,15,19,25,29H,13-14H2,1H3,(H,30,32)/t19-,25-/m1/s1. The molecule has 2 N–H and O–H groups in total. The van der Waals surface area contributed by atoms with Crippen LogP contribution in [0.2, 0.25) is 0 Å². The largest absolute Gasteiger partial charge is 0.362 e. The number of anilines is 1. The van der Waals surface area contributed by atoms with E-state index in [1.54, 1.807) is 11.3 Å². The Morgan fingerprint density at radius 1 is 1.03 bits per heavy atom. The predicted octanol–water partition coefficient (Wildman–Crippen LogP) is 5.89. The van der Waals surface area contributed by atoms with Crippen molar-refractivity contribution in [2.45, 2.75) is 31.6 Å². The van der Waals surface area contributed by atoms with Crippen LogP contribution in [0.1, 0.15) is 42.7 Å². The lowest BCUT2D eigenvalue weighted by Crippen LogP contribution is -2.36. The van der Waals surface area contributed by atoms with Crippen LogP contribution in [-0.2, 0) is 9.59 Å². The molecule has 6 heteroatoms. The van der Waals surface area contributed by atoms with E-state index in [0.717, 1.165) is 28.9 Å². The van der Waals surface area contributed by atoms with Gasteiger partial charge in [-0.25, -0.2) is 4.39 Å². The quantitative estimate of drug-likeness (QED) is 0.513. The summed E-state index contributed by atoms with van der Waals surface area (Å²) in [6.07, 6.45) is 1.13. The fourth-order valence-electron chi connectivity index (χ4n) is 4.81. The van der Waals surface area contributed by atoms with E-state index in [9.17, 15) is 14.0 Å². The first-order valence-electron chi connectivity index (χ1n) is 10.9. The molecule has 166 valence electrons. The Labute approximate surface area is 195 Å². The zero-order valence-electron chi connectivity index (χ0n) is 18.1. The maximum Gasteiger partial charge on any atom is 0.254 e. The number of rotatable bonds is 4. The summed E-state index contributed by atoms with van der Waals surface area (Å²) in [7, 11) is 0. The normalized spacial score (nSPS) is 20.4. The van der Waals surface area contributed by atoms with Crippen molar-refractivity contribution in [2.24, 2.45) is 0 Å². The molecule has 1 amide bonds. The third-order valence-electron chi connectivity index (χ3n) is 6.32. The van der Waals surface area contributed by atoms with Crippen LogP contribution in [0, 0.1) is 5.82 Å². The fourth-order valence-corrected chi connectivity index (χ4v) is 5.49. The SMILES string of the molecule is CC1=C(C(=O)Nc2ccc(F)cc2)[C@@H](c2ccsc2)C2=C(C[C@@H](c3ccccc3)CC2=O)N1. The van der Waals surface area contributed by atoms with Gasteiger partial charge < -0.3 is 10.6 Å². The summed E-state index contributed by atoms with van der Waals surface area (Å²) in [5, 5.41) is 10.2. The van der Waals surface area contributed by atoms with E-state index in [2.05, 4.69) is 22.8 Å². The minimum absolute atomic E-state index is 0.0633.